The van der Waals surface area contributed by atoms with Gasteiger partial charge < -0.3 is 10.0 Å². The molecule has 1 saturated heterocycles. The number of likely N-dealkylation sites (tertiary alicyclic amines) is 1. The summed E-state index contributed by atoms with van der Waals surface area (Å²) in [4.78, 5) is 14.1. The van der Waals surface area contributed by atoms with Gasteiger partial charge in [-0.25, -0.2) is 0 Å². The molecule has 1 amide bonds. The molecule has 1 aliphatic rings. The zero-order valence-electron chi connectivity index (χ0n) is 7.44. The van der Waals surface area contributed by atoms with Crippen molar-refractivity contribution in [1.82, 2.24) is 4.90 Å². The van der Waals surface area contributed by atoms with E-state index in [4.69, 9.17) is 11.6 Å². The summed E-state index contributed by atoms with van der Waals surface area (Å²) in [6.07, 6.45) is 0.305. The number of thiophene rings is 1. The van der Waals surface area contributed by atoms with Crippen molar-refractivity contribution in [1.29, 1.82) is 0 Å². The Balaban J connectivity index is 2.09. The highest BCUT2D eigenvalue weighted by Gasteiger charge is 2.25. The first kappa shape index (κ1) is 9.96. The van der Waals surface area contributed by atoms with Crippen LogP contribution in [0.5, 0.6) is 0 Å². The number of rotatable bonds is 1. The third-order valence-corrected chi connectivity index (χ3v) is 3.45. The maximum absolute atomic E-state index is 11.8. The number of nitrogens with zero attached hydrogens (tertiary/aromatic N) is 1. The molecule has 0 bridgehead atoms. The number of hydrogen-bond donors (Lipinski definition) is 1. The topological polar surface area (TPSA) is 40.5 Å². The number of hydrogen-bond acceptors (Lipinski definition) is 3. The average Bonchev–Trinajstić information content (AvgIpc) is 2.73. The van der Waals surface area contributed by atoms with E-state index in [1.54, 1.807) is 17.0 Å². The van der Waals surface area contributed by atoms with Gasteiger partial charge in [-0.3, -0.25) is 4.79 Å². The minimum Gasteiger partial charge on any atom is -0.391 e. The van der Waals surface area contributed by atoms with Gasteiger partial charge in [-0.15, -0.1) is 11.3 Å². The second kappa shape index (κ2) is 3.88. The Morgan fingerprint density at radius 3 is 2.93 bits per heavy atom. The van der Waals surface area contributed by atoms with Crippen LogP contribution in [0.25, 0.3) is 0 Å². The highest BCUT2D eigenvalue weighted by Crippen LogP contribution is 2.24. The van der Waals surface area contributed by atoms with Crippen molar-refractivity contribution in [2.75, 3.05) is 13.1 Å². The predicted molar refractivity (Wildman–Crippen MR) is 55.9 cm³/mol. The number of β-amino-alcohol motifs (C(OH)–C–C–N with tert-alkyl or cyclic N) is 1. The summed E-state index contributed by atoms with van der Waals surface area (Å²) in [5, 5.41) is 9.28. The number of carbonyl (C=O) groups is 1. The molecule has 2 rings (SSSR count). The molecule has 0 spiro atoms. The third kappa shape index (κ3) is 1.92. The molecular formula is C9H10ClNO2S. The van der Waals surface area contributed by atoms with Crippen LogP contribution in [-0.2, 0) is 0 Å². The fourth-order valence-corrected chi connectivity index (χ4v) is 2.52. The first-order valence-electron chi connectivity index (χ1n) is 4.39. The van der Waals surface area contributed by atoms with Crippen molar-refractivity contribution in [2.45, 2.75) is 12.5 Å². The number of halogens is 1. The normalized spacial score (nSPS) is 21.6. The van der Waals surface area contributed by atoms with Gasteiger partial charge in [0.15, 0.2) is 0 Å². The quantitative estimate of drug-likeness (QED) is 0.798. The maximum Gasteiger partial charge on any atom is 0.264 e. The van der Waals surface area contributed by atoms with Gasteiger partial charge in [-0.05, 0) is 18.6 Å². The molecular weight excluding hydrogens is 222 g/mol. The second-order valence-electron chi connectivity index (χ2n) is 3.30. The van der Waals surface area contributed by atoms with E-state index >= 15 is 0 Å². The van der Waals surface area contributed by atoms with Crippen LogP contribution in [0.3, 0.4) is 0 Å². The largest absolute Gasteiger partial charge is 0.391 e. The Morgan fingerprint density at radius 2 is 2.43 bits per heavy atom. The van der Waals surface area contributed by atoms with E-state index < -0.39 is 0 Å². The number of aliphatic hydroxyl groups is 1. The SMILES string of the molecule is O=C(c1ccc(Cl)s1)N1CCC(O)C1. The standard InChI is InChI=1S/C9H10ClNO2S/c10-8-2-1-7(14-8)9(13)11-4-3-6(12)5-11/h1-2,6,12H,3-5H2. The van der Waals surface area contributed by atoms with Gasteiger partial charge in [0.25, 0.3) is 5.91 Å². The lowest BCUT2D eigenvalue weighted by atomic mass is 10.3. The Kier molecular flexibility index (Phi) is 2.76. The molecule has 14 heavy (non-hydrogen) atoms. The Labute approximate surface area is 90.9 Å². The molecule has 0 aliphatic carbocycles. The third-order valence-electron chi connectivity index (χ3n) is 2.23. The van der Waals surface area contributed by atoms with E-state index in [1.807, 2.05) is 0 Å². The predicted octanol–water partition coefficient (Wildman–Crippen LogP) is 1.61. The van der Waals surface area contributed by atoms with Crippen molar-refractivity contribution in [3.8, 4) is 0 Å². The van der Waals surface area contributed by atoms with E-state index in [0.717, 1.165) is 0 Å². The zero-order valence-corrected chi connectivity index (χ0v) is 9.01. The molecule has 0 aromatic carbocycles. The van der Waals surface area contributed by atoms with Crippen LogP contribution in [0.4, 0.5) is 0 Å². The van der Waals surface area contributed by atoms with Crippen LogP contribution in [0.15, 0.2) is 12.1 Å². The Hall–Kier alpha value is -0.580. The molecule has 1 unspecified atom stereocenters. The molecule has 1 N–H and O–H groups in total. The monoisotopic (exact) mass is 231 g/mol. The van der Waals surface area contributed by atoms with Crippen molar-refractivity contribution in [3.63, 3.8) is 0 Å². The van der Waals surface area contributed by atoms with E-state index in [-0.39, 0.29) is 12.0 Å². The van der Waals surface area contributed by atoms with Gasteiger partial charge in [0.1, 0.15) is 0 Å². The fraction of sp³-hybridized carbons (Fsp3) is 0.444. The molecule has 1 aromatic rings. The minimum atomic E-state index is -0.366. The highest BCUT2D eigenvalue weighted by atomic mass is 35.5. The molecule has 76 valence electrons. The molecule has 0 radical (unpaired) electrons. The van der Waals surface area contributed by atoms with Gasteiger partial charge >= 0.3 is 0 Å². The van der Waals surface area contributed by atoms with Crippen molar-refractivity contribution < 1.29 is 9.90 Å². The molecule has 5 heteroatoms. The number of amides is 1. The Morgan fingerprint density at radius 1 is 1.64 bits per heavy atom. The van der Waals surface area contributed by atoms with Gasteiger partial charge in [0.05, 0.1) is 15.3 Å². The molecule has 3 nitrogen and oxygen atoms in total. The zero-order chi connectivity index (χ0) is 10.1. The van der Waals surface area contributed by atoms with Crippen LogP contribution in [0, 0.1) is 0 Å². The fourth-order valence-electron chi connectivity index (χ4n) is 1.51. The Bertz CT molecular complexity index is 352. The molecule has 1 fully saturated rings. The van der Waals surface area contributed by atoms with Crippen molar-refractivity contribution in [2.24, 2.45) is 0 Å². The van der Waals surface area contributed by atoms with Gasteiger partial charge in [-0.2, -0.15) is 0 Å². The first-order chi connectivity index (χ1) is 6.66. The molecule has 1 atom stereocenters. The van der Waals surface area contributed by atoms with Gasteiger partial charge in [0.2, 0.25) is 0 Å². The molecule has 1 aromatic heterocycles. The average molecular weight is 232 g/mol. The summed E-state index contributed by atoms with van der Waals surface area (Å²) in [6, 6.07) is 3.44. The van der Waals surface area contributed by atoms with E-state index in [9.17, 15) is 9.90 Å². The van der Waals surface area contributed by atoms with Crippen molar-refractivity contribution >= 4 is 28.8 Å². The molecule has 1 aliphatic heterocycles. The minimum absolute atomic E-state index is 0.0292. The summed E-state index contributed by atoms with van der Waals surface area (Å²) in [6.45, 7) is 1.07. The van der Waals surface area contributed by atoms with Crippen LogP contribution in [0.2, 0.25) is 4.34 Å². The smallest absolute Gasteiger partial charge is 0.264 e. The molecule has 2 heterocycles. The second-order valence-corrected chi connectivity index (χ2v) is 5.01. The van der Waals surface area contributed by atoms with Gasteiger partial charge in [0, 0.05) is 13.1 Å². The first-order valence-corrected chi connectivity index (χ1v) is 5.59. The van der Waals surface area contributed by atoms with E-state index in [2.05, 4.69) is 0 Å². The van der Waals surface area contributed by atoms with Crippen LogP contribution in [-0.4, -0.2) is 35.1 Å². The summed E-state index contributed by atoms with van der Waals surface area (Å²) in [7, 11) is 0. The maximum atomic E-state index is 11.8. The molecule has 0 saturated carbocycles. The van der Waals surface area contributed by atoms with Gasteiger partial charge in [-0.1, -0.05) is 11.6 Å². The summed E-state index contributed by atoms with van der Waals surface area (Å²) in [5.41, 5.74) is 0. The van der Waals surface area contributed by atoms with E-state index in [0.29, 0.717) is 28.7 Å². The lowest BCUT2D eigenvalue weighted by Crippen LogP contribution is -2.28. The highest BCUT2D eigenvalue weighted by molar-refractivity contribution is 7.17. The van der Waals surface area contributed by atoms with Crippen molar-refractivity contribution in [3.05, 3.63) is 21.3 Å². The number of aliphatic hydroxyl groups excluding tert-OH is 1. The van der Waals surface area contributed by atoms with Crippen LogP contribution >= 0.6 is 22.9 Å². The van der Waals surface area contributed by atoms with E-state index in [1.165, 1.54) is 11.3 Å². The lowest BCUT2D eigenvalue weighted by molar-refractivity contribution is 0.0769. The van der Waals surface area contributed by atoms with Crippen LogP contribution in [0.1, 0.15) is 16.1 Å². The summed E-state index contributed by atoms with van der Waals surface area (Å²) >= 11 is 7.01. The lowest BCUT2D eigenvalue weighted by Gasteiger charge is -2.13. The van der Waals surface area contributed by atoms with Crippen LogP contribution < -0.4 is 0 Å². The summed E-state index contributed by atoms with van der Waals surface area (Å²) in [5.74, 6) is -0.0292. The summed E-state index contributed by atoms with van der Waals surface area (Å²) < 4.78 is 0.619. The number of carbonyl (C=O) groups excluding carboxylic acids is 1.